The largest absolute Gasteiger partial charge is 0.367 e. The first kappa shape index (κ1) is 24.0. The molecule has 1 N–H and O–H groups in total. The van der Waals surface area contributed by atoms with Crippen LogP contribution < -0.4 is 10.2 Å². The molecule has 0 aliphatic carbocycles. The van der Waals surface area contributed by atoms with Crippen molar-refractivity contribution in [2.45, 2.75) is 66.6 Å². The number of amides is 2. The third-order valence-electron chi connectivity index (χ3n) is 7.04. The van der Waals surface area contributed by atoms with Gasteiger partial charge in [0.15, 0.2) is 0 Å². The number of benzene rings is 1. The molecule has 2 aromatic rings. The number of nitrogens with zero attached hydrogens (tertiary/aromatic N) is 5. The van der Waals surface area contributed by atoms with Gasteiger partial charge in [-0.15, -0.1) is 0 Å². The number of nitrogens with one attached hydrogen (secondary N) is 1. The third-order valence-corrected chi connectivity index (χ3v) is 7.04. The second-order valence-electron chi connectivity index (χ2n) is 9.83. The van der Waals surface area contributed by atoms with E-state index in [1.54, 1.807) is 6.92 Å². The summed E-state index contributed by atoms with van der Waals surface area (Å²) in [6, 6.07) is 6.63. The zero-order valence-corrected chi connectivity index (χ0v) is 21.2. The molecule has 1 unspecified atom stereocenters. The van der Waals surface area contributed by atoms with Gasteiger partial charge in [-0.2, -0.15) is 4.98 Å². The van der Waals surface area contributed by atoms with Crippen LogP contribution >= 0.6 is 0 Å². The highest BCUT2D eigenvalue weighted by molar-refractivity contribution is 5.98. The Morgan fingerprint density at radius 1 is 1.09 bits per heavy atom. The number of carbonyl (C=O) groups excluding carboxylic acids is 2. The van der Waals surface area contributed by atoms with E-state index in [2.05, 4.69) is 49.2 Å². The van der Waals surface area contributed by atoms with Gasteiger partial charge in [0.1, 0.15) is 11.5 Å². The normalized spacial score (nSPS) is 16.8. The van der Waals surface area contributed by atoms with Crippen LogP contribution in [0.2, 0.25) is 0 Å². The fourth-order valence-electron chi connectivity index (χ4n) is 4.72. The Balaban J connectivity index is 1.62. The van der Waals surface area contributed by atoms with Crippen LogP contribution in [0.5, 0.6) is 0 Å². The van der Waals surface area contributed by atoms with Crippen LogP contribution in [0.4, 0.5) is 11.8 Å². The molecule has 182 valence electrons. The Labute approximate surface area is 202 Å². The molecule has 1 atom stereocenters. The molecule has 2 amide bonds. The Kier molecular flexibility index (Phi) is 6.77. The summed E-state index contributed by atoms with van der Waals surface area (Å²) in [4.78, 5) is 40.3. The summed E-state index contributed by atoms with van der Waals surface area (Å²) >= 11 is 0. The molecule has 2 aliphatic heterocycles. The van der Waals surface area contributed by atoms with E-state index in [1.165, 1.54) is 16.7 Å². The van der Waals surface area contributed by atoms with E-state index in [1.807, 2.05) is 23.6 Å². The van der Waals surface area contributed by atoms with Crippen molar-refractivity contribution in [3.8, 4) is 0 Å². The van der Waals surface area contributed by atoms with Gasteiger partial charge < -0.3 is 20.0 Å². The Morgan fingerprint density at radius 3 is 2.44 bits per heavy atom. The highest BCUT2D eigenvalue weighted by Gasteiger charge is 2.35. The van der Waals surface area contributed by atoms with Crippen LogP contribution in [0.25, 0.3) is 0 Å². The van der Waals surface area contributed by atoms with E-state index in [4.69, 9.17) is 9.97 Å². The number of hydrogen-bond acceptors (Lipinski definition) is 6. The molecule has 3 heterocycles. The van der Waals surface area contributed by atoms with Gasteiger partial charge >= 0.3 is 0 Å². The van der Waals surface area contributed by atoms with Gasteiger partial charge in [-0.1, -0.05) is 18.2 Å². The fraction of sp³-hybridized carbons (Fsp3) is 0.538. The van der Waals surface area contributed by atoms with Crippen LogP contribution in [0.3, 0.4) is 0 Å². The zero-order chi connectivity index (χ0) is 24.6. The lowest BCUT2D eigenvalue weighted by molar-refractivity contribution is -0.129. The second-order valence-corrected chi connectivity index (χ2v) is 9.83. The minimum absolute atomic E-state index is 0.0405. The number of anilines is 2. The lowest BCUT2D eigenvalue weighted by atomic mass is 9.98. The van der Waals surface area contributed by atoms with Gasteiger partial charge in [0.05, 0.1) is 6.54 Å². The SMILES string of the molecule is CC(=O)N1CCN(c2nc(NC(C)Cc3cccc(C)c3C)c3c(n2)C(=O)N(C(C)C)C3)CC1. The predicted molar refractivity (Wildman–Crippen MR) is 134 cm³/mol. The number of hydrogen-bond donors (Lipinski definition) is 1. The molecular formula is C26H36N6O2. The van der Waals surface area contributed by atoms with Crippen molar-refractivity contribution in [1.29, 1.82) is 0 Å². The minimum atomic E-state index is -0.0405. The average Bonchev–Trinajstić information content (AvgIpc) is 3.14. The molecule has 8 nitrogen and oxygen atoms in total. The summed E-state index contributed by atoms with van der Waals surface area (Å²) in [7, 11) is 0. The predicted octanol–water partition coefficient (Wildman–Crippen LogP) is 3.17. The quantitative estimate of drug-likeness (QED) is 0.707. The molecule has 8 heteroatoms. The molecular weight excluding hydrogens is 428 g/mol. The van der Waals surface area contributed by atoms with Crippen molar-refractivity contribution < 1.29 is 9.59 Å². The molecule has 34 heavy (non-hydrogen) atoms. The van der Waals surface area contributed by atoms with Crippen molar-refractivity contribution in [2.75, 3.05) is 36.4 Å². The standard InChI is InChI=1S/C26H36N6O2/c1-16(2)32-15-22-23(25(32)34)28-26(31-12-10-30(11-13-31)20(6)33)29-24(22)27-18(4)14-21-9-7-8-17(3)19(21)5/h7-9,16,18H,10-15H2,1-6H3,(H,27,28,29). The first-order chi connectivity index (χ1) is 16.2. The van der Waals surface area contributed by atoms with Crippen molar-refractivity contribution in [3.63, 3.8) is 0 Å². The summed E-state index contributed by atoms with van der Waals surface area (Å²) < 4.78 is 0. The van der Waals surface area contributed by atoms with Crippen LogP contribution in [0.1, 0.15) is 60.4 Å². The van der Waals surface area contributed by atoms with Crippen LogP contribution in [0.15, 0.2) is 18.2 Å². The van der Waals surface area contributed by atoms with Crippen LogP contribution in [-0.4, -0.2) is 69.8 Å². The smallest absolute Gasteiger partial charge is 0.273 e. The summed E-state index contributed by atoms with van der Waals surface area (Å²) in [5.74, 6) is 1.34. The summed E-state index contributed by atoms with van der Waals surface area (Å²) in [5, 5.41) is 3.60. The van der Waals surface area contributed by atoms with E-state index in [9.17, 15) is 9.59 Å². The minimum Gasteiger partial charge on any atom is -0.367 e. The molecule has 0 radical (unpaired) electrons. The maximum absolute atomic E-state index is 13.2. The molecule has 0 saturated carbocycles. The summed E-state index contributed by atoms with van der Waals surface area (Å²) in [6.07, 6.45) is 0.862. The van der Waals surface area contributed by atoms with Gasteiger partial charge in [0.2, 0.25) is 11.9 Å². The summed E-state index contributed by atoms with van der Waals surface area (Å²) in [5.41, 5.74) is 5.28. The topological polar surface area (TPSA) is 81.7 Å². The number of carbonyl (C=O) groups is 2. The van der Waals surface area contributed by atoms with Crippen LogP contribution in [0, 0.1) is 13.8 Å². The zero-order valence-electron chi connectivity index (χ0n) is 21.2. The Bertz CT molecular complexity index is 1090. The molecule has 4 rings (SSSR count). The van der Waals surface area contributed by atoms with Gasteiger partial charge in [-0.25, -0.2) is 4.98 Å². The number of rotatable bonds is 6. The van der Waals surface area contributed by atoms with E-state index in [0.717, 1.165) is 17.8 Å². The number of fused-ring (bicyclic) bond motifs is 1. The number of aromatic nitrogens is 2. The maximum atomic E-state index is 13.2. The summed E-state index contributed by atoms with van der Waals surface area (Å²) in [6.45, 7) is 15.2. The van der Waals surface area contributed by atoms with E-state index in [0.29, 0.717) is 44.4 Å². The Hall–Kier alpha value is -3.16. The molecule has 1 aromatic carbocycles. The lowest BCUT2D eigenvalue weighted by Crippen LogP contribution is -2.48. The molecule has 1 aromatic heterocycles. The van der Waals surface area contributed by atoms with E-state index < -0.39 is 0 Å². The van der Waals surface area contributed by atoms with E-state index >= 15 is 0 Å². The molecule has 0 spiro atoms. The molecule has 0 bridgehead atoms. The third kappa shape index (κ3) is 4.72. The first-order valence-corrected chi connectivity index (χ1v) is 12.2. The van der Waals surface area contributed by atoms with Crippen molar-refractivity contribution >= 4 is 23.6 Å². The second kappa shape index (κ2) is 9.60. The molecule has 1 fully saturated rings. The molecule has 2 aliphatic rings. The monoisotopic (exact) mass is 464 g/mol. The Morgan fingerprint density at radius 2 is 1.79 bits per heavy atom. The molecule has 1 saturated heterocycles. The number of aryl methyl sites for hydroxylation is 1. The highest BCUT2D eigenvalue weighted by Crippen LogP contribution is 2.31. The highest BCUT2D eigenvalue weighted by atomic mass is 16.2. The van der Waals surface area contributed by atoms with Gasteiger partial charge in [-0.05, 0) is 57.7 Å². The van der Waals surface area contributed by atoms with Gasteiger partial charge in [-0.3, -0.25) is 9.59 Å². The van der Waals surface area contributed by atoms with Crippen LogP contribution in [-0.2, 0) is 17.8 Å². The first-order valence-electron chi connectivity index (χ1n) is 12.2. The maximum Gasteiger partial charge on any atom is 0.273 e. The van der Waals surface area contributed by atoms with Gasteiger partial charge in [0.25, 0.3) is 5.91 Å². The van der Waals surface area contributed by atoms with Gasteiger partial charge in [0, 0.05) is 50.7 Å². The number of piperazine rings is 1. The lowest BCUT2D eigenvalue weighted by Gasteiger charge is -2.34. The average molecular weight is 465 g/mol. The van der Waals surface area contributed by atoms with E-state index in [-0.39, 0.29) is 23.9 Å². The van der Waals surface area contributed by atoms with Crippen molar-refractivity contribution in [1.82, 2.24) is 19.8 Å². The van der Waals surface area contributed by atoms with Crippen molar-refractivity contribution in [2.24, 2.45) is 0 Å². The van der Waals surface area contributed by atoms with Crippen molar-refractivity contribution in [3.05, 3.63) is 46.1 Å². The fourth-order valence-corrected chi connectivity index (χ4v) is 4.72.